The molecule has 0 radical (unpaired) electrons. The van der Waals surface area contributed by atoms with Gasteiger partial charge in [0, 0.05) is 47.4 Å². The van der Waals surface area contributed by atoms with Crippen LogP contribution in [-0.4, -0.2) is 28.5 Å². The number of aryl methyl sites for hydroxylation is 1. The van der Waals surface area contributed by atoms with Crippen LogP contribution in [0.25, 0.3) is 21.8 Å². The van der Waals surface area contributed by atoms with Gasteiger partial charge in [0.15, 0.2) is 0 Å². The molecule has 1 aromatic heterocycles. The summed E-state index contributed by atoms with van der Waals surface area (Å²) in [5, 5.41) is 2.63. The van der Waals surface area contributed by atoms with E-state index in [2.05, 4.69) is 53.1 Å². The topological polar surface area (TPSA) is 25.2 Å². The zero-order chi connectivity index (χ0) is 15.8. The molecule has 0 aliphatic carbocycles. The number of para-hydroxylation sites is 2. The van der Waals surface area contributed by atoms with E-state index in [0.29, 0.717) is 5.91 Å². The molecule has 0 unspecified atom stereocenters. The minimum atomic E-state index is 0.211. The molecular weight excluding hydrogens is 284 g/mol. The number of likely N-dealkylation sites (tertiary alicyclic amines) is 1. The van der Waals surface area contributed by atoms with Gasteiger partial charge in [-0.1, -0.05) is 43.3 Å². The molecule has 3 nitrogen and oxygen atoms in total. The second-order valence-corrected chi connectivity index (χ2v) is 6.55. The minimum Gasteiger partial charge on any atom is -0.342 e. The van der Waals surface area contributed by atoms with Crippen molar-refractivity contribution in [2.75, 3.05) is 13.1 Å². The smallest absolute Gasteiger partial charge is 0.225 e. The first-order valence-electron chi connectivity index (χ1n) is 8.50. The van der Waals surface area contributed by atoms with Gasteiger partial charge in [-0.15, -0.1) is 0 Å². The summed E-state index contributed by atoms with van der Waals surface area (Å²) in [6.07, 6.45) is 2.01. The average Bonchev–Trinajstić information content (AvgIpc) is 3.08. The van der Waals surface area contributed by atoms with E-state index in [9.17, 15) is 4.79 Å². The van der Waals surface area contributed by atoms with E-state index in [-0.39, 0.29) is 5.92 Å². The molecular formula is C20H22N2O. The van der Waals surface area contributed by atoms with E-state index in [4.69, 9.17) is 0 Å². The highest BCUT2D eigenvalue weighted by Crippen LogP contribution is 2.29. The first-order valence-corrected chi connectivity index (χ1v) is 8.50. The van der Waals surface area contributed by atoms with E-state index in [1.165, 1.54) is 21.8 Å². The molecule has 0 bridgehead atoms. The SMILES string of the molecule is C[C@@H]1CCN(CCCn2c3ccccc3c3ccccc32)C1=O. The molecule has 2 heterocycles. The fraction of sp³-hybridized carbons (Fsp3) is 0.350. The Kier molecular flexibility index (Phi) is 3.56. The maximum Gasteiger partial charge on any atom is 0.225 e. The Hall–Kier alpha value is -2.29. The van der Waals surface area contributed by atoms with Crippen molar-refractivity contribution in [1.29, 1.82) is 0 Å². The van der Waals surface area contributed by atoms with Gasteiger partial charge >= 0.3 is 0 Å². The van der Waals surface area contributed by atoms with Crippen molar-refractivity contribution in [3.63, 3.8) is 0 Å². The second-order valence-electron chi connectivity index (χ2n) is 6.55. The highest BCUT2D eigenvalue weighted by Gasteiger charge is 2.27. The molecule has 1 atom stereocenters. The van der Waals surface area contributed by atoms with E-state index in [1.807, 2.05) is 11.8 Å². The summed E-state index contributed by atoms with van der Waals surface area (Å²) in [5.74, 6) is 0.537. The van der Waals surface area contributed by atoms with Gasteiger partial charge in [0.1, 0.15) is 0 Å². The predicted octanol–water partition coefficient (Wildman–Crippen LogP) is 4.05. The molecule has 0 saturated carbocycles. The van der Waals surface area contributed by atoms with Crippen LogP contribution in [0.2, 0.25) is 0 Å². The van der Waals surface area contributed by atoms with Crippen LogP contribution in [0.1, 0.15) is 19.8 Å². The Bertz CT molecular complexity index is 811. The maximum absolute atomic E-state index is 12.0. The van der Waals surface area contributed by atoms with Crippen molar-refractivity contribution in [3.05, 3.63) is 48.5 Å². The second kappa shape index (κ2) is 5.73. The largest absolute Gasteiger partial charge is 0.342 e. The lowest BCUT2D eigenvalue weighted by atomic mass is 10.1. The van der Waals surface area contributed by atoms with Crippen LogP contribution in [0.5, 0.6) is 0 Å². The van der Waals surface area contributed by atoms with Crippen molar-refractivity contribution < 1.29 is 4.79 Å². The Morgan fingerprint density at radius 3 is 2.13 bits per heavy atom. The number of hydrogen-bond acceptors (Lipinski definition) is 1. The first kappa shape index (κ1) is 14.3. The molecule has 1 aliphatic rings. The van der Waals surface area contributed by atoms with Crippen molar-refractivity contribution in [1.82, 2.24) is 9.47 Å². The van der Waals surface area contributed by atoms with Gasteiger partial charge in [-0.2, -0.15) is 0 Å². The molecule has 4 rings (SSSR count). The molecule has 3 heteroatoms. The fourth-order valence-corrected chi connectivity index (χ4v) is 3.78. The Balaban J connectivity index is 1.59. The zero-order valence-corrected chi connectivity index (χ0v) is 13.5. The van der Waals surface area contributed by atoms with Gasteiger partial charge < -0.3 is 9.47 Å². The standard InChI is InChI=1S/C20H22N2O/c1-15-11-14-21(20(15)23)12-6-13-22-18-9-4-2-7-16(18)17-8-3-5-10-19(17)22/h2-5,7-10,15H,6,11-14H2,1H3/t15-/m1/s1. The number of fused-ring (bicyclic) bond motifs is 3. The molecule has 1 fully saturated rings. The van der Waals surface area contributed by atoms with E-state index in [0.717, 1.165) is 32.5 Å². The summed E-state index contributed by atoms with van der Waals surface area (Å²) in [7, 11) is 0. The lowest BCUT2D eigenvalue weighted by molar-refractivity contribution is -0.130. The molecule has 23 heavy (non-hydrogen) atoms. The van der Waals surface area contributed by atoms with Crippen LogP contribution < -0.4 is 0 Å². The molecule has 1 saturated heterocycles. The predicted molar refractivity (Wildman–Crippen MR) is 94.4 cm³/mol. The van der Waals surface area contributed by atoms with Gasteiger partial charge in [0.05, 0.1) is 0 Å². The molecule has 2 aromatic carbocycles. The quantitative estimate of drug-likeness (QED) is 0.714. The fourth-order valence-electron chi connectivity index (χ4n) is 3.78. The lowest BCUT2D eigenvalue weighted by Crippen LogP contribution is -2.28. The van der Waals surface area contributed by atoms with Gasteiger partial charge in [-0.05, 0) is 25.0 Å². The third-order valence-electron chi connectivity index (χ3n) is 5.05. The van der Waals surface area contributed by atoms with Crippen molar-refractivity contribution >= 4 is 27.7 Å². The highest BCUT2D eigenvalue weighted by atomic mass is 16.2. The van der Waals surface area contributed by atoms with Gasteiger partial charge in [-0.3, -0.25) is 4.79 Å². The van der Waals surface area contributed by atoms with Crippen molar-refractivity contribution in [3.8, 4) is 0 Å². The van der Waals surface area contributed by atoms with Crippen LogP contribution in [0, 0.1) is 5.92 Å². The van der Waals surface area contributed by atoms with Crippen LogP contribution in [0.3, 0.4) is 0 Å². The number of carbonyl (C=O) groups is 1. The molecule has 1 aliphatic heterocycles. The maximum atomic E-state index is 12.0. The third kappa shape index (κ3) is 2.40. The number of nitrogens with zero attached hydrogens (tertiary/aromatic N) is 2. The minimum absolute atomic E-state index is 0.211. The number of aromatic nitrogens is 1. The zero-order valence-electron chi connectivity index (χ0n) is 13.5. The van der Waals surface area contributed by atoms with Crippen molar-refractivity contribution in [2.24, 2.45) is 5.92 Å². The highest BCUT2D eigenvalue weighted by molar-refractivity contribution is 6.07. The van der Waals surface area contributed by atoms with E-state index >= 15 is 0 Å². The first-order chi connectivity index (χ1) is 11.3. The van der Waals surface area contributed by atoms with Crippen LogP contribution in [0.4, 0.5) is 0 Å². The molecule has 0 N–H and O–H groups in total. The molecule has 1 amide bonds. The van der Waals surface area contributed by atoms with E-state index < -0.39 is 0 Å². The number of hydrogen-bond donors (Lipinski definition) is 0. The number of rotatable bonds is 4. The number of carbonyl (C=O) groups excluding carboxylic acids is 1. The summed E-state index contributed by atoms with van der Waals surface area (Å²) in [4.78, 5) is 14.1. The summed E-state index contributed by atoms with van der Waals surface area (Å²) in [6, 6.07) is 17.2. The van der Waals surface area contributed by atoms with Crippen LogP contribution in [-0.2, 0) is 11.3 Å². The molecule has 0 spiro atoms. The molecule has 3 aromatic rings. The van der Waals surface area contributed by atoms with Crippen molar-refractivity contribution in [2.45, 2.75) is 26.3 Å². The third-order valence-corrected chi connectivity index (χ3v) is 5.05. The Labute approximate surface area is 136 Å². The summed E-state index contributed by atoms with van der Waals surface area (Å²) >= 11 is 0. The summed E-state index contributed by atoms with van der Waals surface area (Å²) < 4.78 is 2.40. The Morgan fingerprint density at radius 1 is 0.957 bits per heavy atom. The summed E-state index contributed by atoms with van der Waals surface area (Å²) in [5.41, 5.74) is 2.57. The van der Waals surface area contributed by atoms with Crippen LogP contribution in [0.15, 0.2) is 48.5 Å². The molecule has 118 valence electrons. The lowest BCUT2D eigenvalue weighted by Gasteiger charge is -2.16. The van der Waals surface area contributed by atoms with Gasteiger partial charge in [0.2, 0.25) is 5.91 Å². The Morgan fingerprint density at radius 2 is 1.57 bits per heavy atom. The van der Waals surface area contributed by atoms with Crippen LogP contribution >= 0.6 is 0 Å². The number of amides is 1. The average molecular weight is 306 g/mol. The summed E-state index contributed by atoms with van der Waals surface area (Å²) in [6.45, 7) is 4.78. The monoisotopic (exact) mass is 306 g/mol. The number of benzene rings is 2. The van der Waals surface area contributed by atoms with Gasteiger partial charge in [0.25, 0.3) is 0 Å². The van der Waals surface area contributed by atoms with E-state index in [1.54, 1.807) is 0 Å². The normalized spacial score (nSPS) is 18.4. The van der Waals surface area contributed by atoms with Gasteiger partial charge in [-0.25, -0.2) is 0 Å².